The summed E-state index contributed by atoms with van der Waals surface area (Å²) in [5.41, 5.74) is 12.1. The van der Waals surface area contributed by atoms with Gasteiger partial charge in [-0.3, -0.25) is 0 Å². The summed E-state index contributed by atoms with van der Waals surface area (Å²) in [7, 11) is 0. The Balaban J connectivity index is 1.16. The topological polar surface area (TPSA) is 9.72 Å². The number of hydrogen-bond acceptors (Lipinski definition) is 3. The van der Waals surface area contributed by atoms with Gasteiger partial charge >= 0.3 is 0 Å². The normalized spacial score (nSPS) is 11.6. The van der Waals surface area contributed by atoms with Crippen molar-refractivity contribution < 1.29 is 0 Å². The van der Waals surface area contributed by atoms with E-state index < -0.39 is 0 Å². The molecular weight excluding hydrogens is 883 g/mol. The average Bonchev–Trinajstić information content (AvgIpc) is 3.46. The minimum atomic E-state index is 1.06. The van der Waals surface area contributed by atoms with Crippen molar-refractivity contribution in [3.05, 3.63) is 285 Å². The molecule has 0 spiro atoms. The Hall–Kier alpha value is -9.70. The summed E-state index contributed by atoms with van der Waals surface area (Å²) in [4.78, 5) is 7.23. The summed E-state index contributed by atoms with van der Waals surface area (Å²) >= 11 is 0. The predicted molar refractivity (Wildman–Crippen MR) is 312 cm³/mol. The zero-order valence-electron chi connectivity index (χ0n) is 40.0. The standard InChI is InChI=1S/C70H47N3/c1-7-24-49(25-8-1)71(50-26-9-2-10-27-50)55-41-43-64-65(46-55)69(62-45-44-61-58-37-20-23-48-22-19-36-57(67(48)58)59-38-21-39-60(62)68(59)61)63-42-40-56(72(51-28-11-3-12-29-51)52-30-13-4-14-31-52)47-66(63)70(64)73(53-32-15-5-16-33-53)54-34-17-6-18-35-54/h1-47H. The summed E-state index contributed by atoms with van der Waals surface area (Å²) in [5, 5.41) is 14.8. The van der Waals surface area contributed by atoms with Gasteiger partial charge < -0.3 is 14.7 Å². The molecule has 14 aromatic carbocycles. The van der Waals surface area contributed by atoms with E-state index >= 15 is 0 Å². The molecule has 0 radical (unpaired) electrons. The number of para-hydroxylation sites is 6. The van der Waals surface area contributed by atoms with Crippen LogP contribution in [0.25, 0.3) is 75.8 Å². The third-order valence-corrected chi connectivity index (χ3v) is 14.7. The second kappa shape index (κ2) is 17.6. The first-order valence-electron chi connectivity index (χ1n) is 25.1. The maximum Gasteiger partial charge on any atom is 0.0619 e. The molecule has 0 aliphatic heterocycles. The van der Waals surface area contributed by atoms with Crippen LogP contribution in [0.3, 0.4) is 0 Å². The molecule has 0 saturated carbocycles. The summed E-state index contributed by atoms with van der Waals surface area (Å²) in [5.74, 6) is 0. The highest BCUT2D eigenvalue weighted by Crippen LogP contribution is 2.53. The molecule has 3 heteroatoms. The minimum Gasteiger partial charge on any atom is -0.310 e. The Bertz CT molecular complexity index is 4130. The number of rotatable bonds is 10. The van der Waals surface area contributed by atoms with Gasteiger partial charge in [-0.15, -0.1) is 0 Å². The number of hydrogen-bond donors (Lipinski definition) is 0. The first-order chi connectivity index (χ1) is 36.3. The molecule has 14 aromatic rings. The number of benzene rings is 14. The van der Waals surface area contributed by atoms with E-state index in [-0.39, 0.29) is 0 Å². The second-order valence-electron chi connectivity index (χ2n) is 18.8. The van der Waals surface area contributed by atoms with Gasteiger partial charge in [0, 0.05) is 56.3 Å². The molecule has 0 aliphatic rings. The summed E-state index contributed by atoms with van der Waals surface area (Å²) in [6.07, 6.45) is 0. The van der Waals surface area contributed by atoms with E-state index in [1.165, 1.54) is 54.2 Å². The van der Waals surface area contributed by atoms with Gasteiger partial charge in [-0.25, -0.2) is 0 Å². The van der Waals surface area contributed by atoms with Crippen LogP contribution in [0.4, 0.5) is 51.2 Å². The Kier molecular flexibility index (Phi) is 10.2. The first-order valence-corrected chi connectivity index (χ1v) is 25.1. The van der Waals surface area contributed by atoms with Crippen LogP contribution < -0.4 is 14.7 Å². The molecule has 0 amide bonds. The van der Waals surface area contributed by atoms with Crippen molar-refractivity contribution in [2.24, 2.45) is 0 Å². The van der Waals surface area contributed by atoms with Crippen molar-refractivity contribution in [1.29, 1.82) is 0 Å². The highest BCUT2D eigenvalue weighted by Gasteiger charge is 2.27. The van der Waals surface area contributed by atoms with E-state index in [2.05, 4.69) is 300 Å². The van der Waals surface area contributed by atoms with Gasteiger partial charge in [-0.1, -0.05) is 188 Å². The van der Waals surface area contributed by atoms with E-state index in [9.17, 15) is 0 Å². The zero-order chi connectivity index (χ0) is 48.2. The van der Waals surface area contributed by atoms with Crippen molar-refractivity contribution in [3.63, 3.8) is 0 Å². The van der Waals surface area contributed by atoms with Crippen LogP contribution in [0, 0.1) is 0 Å². The van der Waals surface area contributed by atoms with Crippen molar-refractivity contribution in [2.75, 3.05) is 14.7 Å². The first kappa shape index (κ1) is 42.2. The SMILES string of the molecule is c1ccc(N(c2ccccc2)c2ccc3c(N(c4ccccc4)c4ccccc4)c4cc(N(c5ccccc5)c5ccccc5)ccc4c(-c4ccc5c6cccc7cccc(c8cccc4c85)c76)c3c2)cc1. The van der Waals surface area contributed by atoms with Crippen molar-refractivity contribution in [1.82, 2.24) is 0 Å². The fourth-order valence-electron chi connectivity index (χ4n) is 11.6. The molecule has 14 rings (SSSR count). The zero-order valence-corrected chi connectivity index (χ0v) is 40.0. The highest BCUT2D eigenvalue weighted by atomic mass is 15.2. The molecule has 0 aliphatic carbocycles. The lowest BCUT2D eigenvalue weighted by Gasteiger charge is -2.32. The van der Waals surface area contributed by atoms with Crippen LogP contribution in [0.5, 0.6) is 0 Å². The minimum absolute atomic E-state index is 1.06. The Morgan fingerprint density at radius 1 is 0.192 bits per heavy atom. The number of fused-ring (bicyclic) bond motifs is 4. The molecule has 342 valence electrons. The Morgan fingerprint density at radius 3 is 1.01 bits per heavy atom. The van der Waals surface area contributed by atoms with Crippen LogP contribution >= 0.6 is 0 Å². The lowest BCUT2D eigenvalue weighted by atomic mass is 9.84. The third kappa shape index (κ3) is 7.05. The van der Waals surface area contributed by atoms with Gasteiger partial charge in [0.15, 0.2) is 0 Å². The summed E-state index contributed by atoms with van der Waals surface area (Å²) in [6, 6.07) is 104. The molecule has 0 atom stereocenters. The number of anilines is 9. The maximum atomic E-state index is 2.47. The fourth-order valence-corrected chi connectivity index (χ4v) is 11.6. The average molecular weight is 930 g/mol. The Morgan fingerprint density at radius 2 is 0.548 bits per heavy atom. The van der Waals surface area contributed by atoms with E-state index in [0.29, 0.717) is 0 Å². The monoisotopic (exact) mass is 929 g/mol. The number of nitrogens with zero attached hydrogens (tertiary/aromatic N) is 3. The fraction of sp³-hybridized carbons (Fsp3) is 0. The van der Waals surface area contributed by atoms with Crippen molar-refractivity contribution >= 4 is 116 Å². The van der Waals surface area contributed by atoms with Crippen molar-refractivity contribution in [3.8, 4) is 11.1 Å². The molecule has 3 nitrogen and oxygen atoms in total. The van der Waals surface area contributed by atoms with Crippen LogP contribution in [0.2, 0.25) is 0 Å². The molecule has 73 heavy (non-hydrogen) atoms. The molecular formula is C70H47N3. The molecule has 0 heterocycles. The molecule has 0 unspecified atom stereocenters. The largest absolute Gasteiger partial charge is 0.310 e. The Labute approximate surface area is 424 Å². The van der Waals surface area contributed by atoms with E-state index in [1.54, 1.807) is 0 Å². The maximum absolute atomic E-state index is 2.47. The smallest absolute Gasteiger partial charge is 0.0619 e. The lowest BCUT2D eigenvalue weighted by Crippen LogP contribution is -2.13. The summed E-state index contributed by atoms with van der Waals surface area (Å²) in [6.45, 7) is 0. The predicted octanol–water partition coefficient (Wildman–Crippen LogP) is 20.1. The molecule has 0 N–H and O–H groups in total. The van der Waals surface area contributed by atoms with Gasteiger partial charge in [-0.2, -0.15) is 0 Å². The van der Waals surface area contributed by atoms with E-state index in [1.807, 2.05) is 0 Å². The van der Waals surface area contributed by atoms with Gasteiger partial charge in [0.1, 0.15) is 0 Å². The van der Waals surface area contributed by atoms with Crippen LogP contribution in [0.1, 0.15) is 0 Å². The molecule has 0 aromatic heterocycles. The second-order valence-corrected chi connectivity index (χ2v) is 18.8. The van der Waals surface area contributed by atoms with Gasteiger partial charge in [0.05, 0.1) is 5.69 Å². The van der Waals surface area contributed by atoms with E-state index in [0.717, 1.165) is 72.7 Å². The van der Waals surface area contributed by atoms with Gasteiger partial charge in [-0.05, 0) is 162 Å². The summed E-state index contributed by atoms with van der Waals surface area (Å²) < 4.78 is 0. The van der Waals surface area contributed by atoms with Crippen LogP contribution in [-0.4, -0.2) is 0 Å². The van der Waals surface area contributed by atoms with Gasteiger partial charge in [0.2, 0.25) is 0 Å². The van der Waals surface area contributed by atoms with E-state index in [4.69, 9.17) is 0 Å². The van der Waals surface area contributed by atoms with Crippen LogP contribution in [-0.2, 0) is 0 Å². The molecule has 0 saturated heterocycles. The van der Waals surface area contributed by atoms with Crippen LogP contribution in [0.15, 0.2) is 285 Å². The molecule has 0 fully saturated rings. The molecule has 0 bridgehead atoms. The quantitative estimate of drug-likeness (QED) is 0.0999. The van der Waals surface area contributed by atoms with Gasteiger partial charge in [0.25, 0.3) is 0 Å². The van der Waals surface area contributed by atoms with Crippen molar-refractivity contribution in [2.45, 2.75) is 0 Å². The lowest BCUT2D eigenvalue weighted by molar-refractivity contribution is 1.28. The third-order valence-electron chi connectivity index (χ3n) is 14.7. The highest BCUT2D eigenvalue weighted by molar-refractivity contribution is 6.35.